The topological polar surface area (TPSA) is 89.1 Å². The van der Waals surface area contributed by atoms with Crippen LogP contribution in [0.2, 0.25) is 0 Å². The van der Waals surface area contributed by atoms with E-state index in [0.29, 0.717) is 36.2 Å². The third-order valence-corrected chi connectivity index (χ3v) is 7.20. The molecule has 2 aliphatic heterocycles. The quantitative estimate of drug-likeness (QED) is 0.403. The zero-order valence-corrected chi connectivity index (χ0v) is 21.9. The van der Waals surface area contributed by atoms with Gasteiger partial charge in [-0.2, -0.15) is 0 Å². The molecule has 2 N–H and O–H groups in total. The molecule has 0 aliphatic carbocycles. The summed E-state index contributed by atoms with van der Waals surface area (Å²) in [6.07, 6.45) is 5.55. The lowest BCUT2D eigenvalue weighted by atomic mass is 9.86. The molecule has 0 fully saturated rings. The Labute approximate surface area is 211 Å². The lowest BCUT2D eigenvalue weighted by Crippen LogP contribution is -2.37. The van der Waals surface area contributed by atoms with Crippen LogP contribution in [0.15, 0.2) is 39.1 Å². The van der Waals surface area contributed by atoms with E-state index in [1.54, 1.807) is 12.1 Å². The fraction of sp³-hybridized carbons (Fsp3) is 0.433. The monoisotopic (exact) mass is 490 g/mol. The molecular weight excluding hydrogens is 456 g/mol. The van der Waals surface area contributed by atoms with Crippen LogP contribution in [0.25, 0.3) is 22.3 Å². The number of allylic oxidation sites excluding steroid dienone is 2. The van der Waals surface area contributed by atoms with E-state index in [9.17, 15) is 15.0 Å². The minimum absolute atomic E-state index is 0.0265. The molecule has 1 aromatic heterocycles. The van der Waals surface area contributed by atoms with Crippen LogP contribution in [-0.4, -0.2) is 21.4 Å². The van der Waals surface area contributed by atoms with Crippen LogP contribution < -0.4 is 14.9 Å². The van der Waals surface area contributed by atoms with Crippen LogP contribution in [0.1, 0.15) is 71.1 Å². The van der Waals surface area contributed by atoms with E-state index in [1.165, 1.54) is 6.07 Å². The SMILES string of the molecule is CC(C)=CCc1ccc(-c2oc3c4c(c5c(c3c(=O)c2O)OC(C)(C)CC5)OC(C)(C)CC4)cc1O. The number of phenolic OH excluding ortho intramolecular Hbond substituents is 1. The molecule has 5 rings (SSSR count). The van der Waals surface area contributed by atoms with Crippen molar-refractivity contribution >= 4 is 11.0 Å². The highest BCUT2D eigenvalue weighted by Gasteiger charge is 2.39. The van der Waals surface area contributed by atoms with E-state index >= 15 is 0 Å². The minimum atomic E-state index is -0.541. The average molecular weight is 491 g/mol. The Morgan fingerprint density at radius 3 is 2.25 bits per heavy atom. The summed E-state index contributed by atoms with van der Waals surface area (Å²) < 4.78 is 19.1. The van der Waals surface area contributed by atoms with Crippen LogP contribution in [-0.2, 0) is 19.3 Å². The molecule has 190 valence electrons. The molecule has 3 aromatic rings. The zero-order valence-electron chi connectivity index (χ0n) is 21.9. The predicted molar refractivity (Wildman–Crippen MR) is 140 cm³/mol. The van der Waals surface area contributed by atoms with Gasteiger partial charge in [-0.1, -0.05) is 23.8 Å². The van der Waals surface area contributed by atoms with Crippen LogP contribution in [0.5, 0.6) is 23.0 Å². The standard InChI is InChI=1S/C30H34O6/c1-16(2)7-8-17-9-10-18(15-21(17)31)25-24(33)23(32)22-27(34-25)19-11-13-29(3,4)35-26(19)20-12-14-30(5,6)36-28(20)22/h7,9-10,15,31,33H,8,11-14H2,1-6H3. The van der Waals surface area contributed by atoms with E-state index in [-0.39, 0.29) is 22.5 Å². The summed E-state index contributed by atoms with van der Waals surface area (Å²) in [6.45, 7) is 12.1. The number of aromatic hydroxyl groups is 2. The van der Waals surface area contributed by atoms with Gasteiger partial charge in [0.25, 0.3) is 0 Å². The number of phenols is 1. The first-order chi connectivity index (χ1) is 16.9. The molecule has 0 saturated carbocycles. The molecule has 0 atom stereocenters. The first kappa shape index (κ1) is 24.3. The van der Waals surface area contributed by atoms with Crippen molar-refractivity contribution in [3.63, 3.8) is 0 Å². The molecular formula is C30H34O6. The number of fused-ring (bicyclic) bond motifs is 6. The summed E-state index contributed by atoms with van der Waals surface area (Å²) in [5.41, 5.74) is 3.04. The Kier molecular flexibility index (Phi) is 5.62. The summed E-state index contributed by atoms with van der Waals surface area (Å²) in [6, 6.07) is 5.07. The number of ether oxygens (including phenoxy) is 2. The molecule has 0 spiro atoms. The normalized spacial score (nSPS) is 17.5. The summed E-state index contributed by atoms with van der Waals surface area (Å²) in [5, 5.41) is 21.9. The first-order valence-corrected chi connectivity index (χ1v) is 12.6. The summed E-state index contributed by atoms with van der Waals surface area (Å²) in [5.74, 6) is 0.774. The first-order valence-electron chi connectivity index (χ1n) is 12.6. The Morgan fingerprint density at radius 1 is 0.972 bits per heavy atom. The van der Waals surface area contributed by atoms with Gasteiger partial charge in [0.1, 0.15) is 39.4 Å². The van der Waals surface area contributed by atoms with Gasteiger partial charge in [-0.05, 0) is 85.3 Å². The molecule has 6 nitrogen and oxygen atoms in total. The highest BCUT2D eigenvalue weighted by Crippen LogP contribution is 2.50. The number of benzene rings is 2. The van der Waals surface area contributed by atoms with Gasteiger partial charge >= 0.3 is 0 Å². The van der Waals surface area contributed by atoms with Gasteiger partial charge in [-0.15, -0.1) is 0 Å². The van der Waals surface area contributed by atoms with Gasteiger partial charge in [0, 0.05) is 16.7 Å². The number of aryl methyl sites for hydroxylation is 1. The van der Waals surface area contributed by atoms with Crippen LogP contribution in [0.3, 0.4) is 0 Å². The van der Waals surface area contributed by atoms with Crippen LogP contribution >= 0.6 is 0 Å². The molecule has 2 aromatic carbocycles. The van der Waals surface area contributed by atoms with E-state index < -0.39 is 16.8 Å². The molecule has 2 aliphatic rings. The maximum Gasteiger partial charge on any atom is 0.238 e. The number of rotatable bonds is 3. The Hall–Kier alpha value is -3.41. The maximum absolute atomic E-state index is 13.6. The van der Waals surface area contributed by atoms with Crippen LogP contribution in [0.4, 0.5) is 0 Å². The van der Waals surface area contributed by atoms with E-state index in [1.807, 2.05) is 33.8 Å². The lowest BCUT2D eigenvalue weighted by Gasteiger charge is -2.39. The molecule has 0 unspecified atom stereocenters. The van der Waals surface area contributed by atoms with Gasteiger partial charge in [0.2, 0.25) is 11.2 Å². The predicted octanol–water partition coefficient (Wildman–Crippen LogP) is 6.59. The largest absolute Gasteiger partial charge is 0.508 e. The molecule has 6 heteroatoms. The third-order valence-electron chi connectivity index (χ3n) is 7.20. The fourth-order valence-electron chi connectivity index (χ4n) is 5.07. The summed E-state index contributed by atoms with van der Waals surface area (Å²) >= 11 is 0. The van der Waals surface area contributed by atoms with Gasteiger partial charge in [0.05, 0.1) is 0 Å². The third kappa shape index (κ3) is 4.12. The van der Waals surface area contributed by atoms with Gasteiger partial charge in [-0.25, -0.2) is 0 Å². The zero-order chi connectivity index (χ0) is 26.0. The Morgan fingerprint density at radius 2 is 1.61 bits per heavy atom. The molecule has 0 radical (unpaired) electrons. The van der Waals surface area contributed by atoms with Crippen molar-refractivity contribution in [1.82, 2.24) is 0 Å². The van der Waals surface area contributed by atoms with Gasteiger partial charge in [0.15, 0.2) is 5.76 Å². The average Bonchev–Trinajstić information content (AvgIpc) is 2.78. The van der Waals surface area contributed by atoms with E-state index in [0.717, 1.165) is 40.9 Å². The van der Waals surface area contributed by atoms with E-state index in [2.05, 4.69) is 13.8 Å². The second kappa shape index (κ2) is 8.32. The summed E-state index contributed by atoms with van der Waals surface area (Å²) in [7, 11) is 0. The van der Waals surface area contributed by atoms with Crippen molar-refractivity contribution in [1.29, 1.82) is 0 Å². The van der Waals surface area contributed by atoms with Crippen molar-refractivity contribution in [2.75, 3.05) is 0 Å². The van der Waals surface area contributed by atoms with Crippen molar-refractivity contribution in [3.05, 3.63) is 56.8 Å². The Bertz CT molecular complexity index is 1470. The number of hydrogen-bond donors (Lipinski definition) is 2. The molecule has 3 heterocycles. The van der Waals surface area contributed by atoms with Crippen LogP contribution in [0, 0.1) is 0 Å². The highest BCUT2D eigenvalue weighted by molar-refractivity contribution is 5.93. The molecule has 0 amide bonds. The van der Waals surface area contributed by atoms with Crippen molar-refractivity contribution in [3.8, 4) is 34.3 Å². The fourth-order valence-corrected chi connectivity index (χ4v) is 5.07. The second-order valence-electron chi connectivity index (χ2n) is 11.5. The minimum Gasteiger partial charge on any atom is -0.508 e. The van der Waals surface area contributed by atoms with Crippen molar-refractivity contribution in [2.24, 2.45) is 0 Å². The van der Waals surface area contributed by atoms with Gasteiger partial charge < -0.3 is 24.1 Å². The molecule has 0 saturated heterocycles. The molecule has 0 bridgehead atoms. The summed E-state index contributed by atoms with van der Waals surface area (Å²) in [4.78, 5) is 13.6. The smallest absolute Gasteiger partial charge is 0.238 e. The highest BCUT2D eigenvalue weighted by atomic mass is 16.5. The Balaban J connectivity index is 1.75. The molecule has 36 heavy (non-hydrogen) atoms. The van der Waals surface area contributed by atoms with E-state index in [4.69, 9.17) is 13.9 Å². The lowest BCUT2D eigenvalue weighted by molar-refractivity contribution is 0.0681. The maximum atomic E-state index is 13.6. The van der Waals surface area contributed by atoms with Crippen molar-refractivity contribution < 1.29 is 24.1 Å². The second-order valence-corrected chi connectivity index (χ2v) is 11.5. The van der Waals surface area contributed by atoms with Crippen molar-refractivity contribution in [2.45, 2.75) is 84.8 Å². The van der Waals surface area contributed by atoms with Gasteiger partial charge in [-0.3, -0.25) is 4.79 Å². The number of hydrogen-bond acceptors (Lipinski definition) is 6.